The maximum absolute atomic E-state index is 8.74. The van der Waals surface area contributed by atoms with Crippen LogP contribution in [0.3, 0.4) is 0 Å². The van der Waals surface area contributed by atoms with E-state index in [2.05, 4.69) is 0 Å². The van der Waals surface area contributed by atoms with Crippen LogP contribution >= 0.6 is 0 Å². The van der Waals surface area contributed by atoms with Crippen LogP contribution in [0.25, 0.3) is 0 Å². The van der Waals surface area contributed by atoms with Gasteiger partial charge in [-0.15, -0.1) is 0 Å². The van der Waals surface area contributed by atoms with Crippen LogP contribution in [-0.2, 0) is 134 Å². The average Bonchev–Trinajstić information content (AvgIpc) is 3.29. The van der Waals surface area contributed by atoms with Gasteiger partial charge in [-0.3, -0.25) is 134 Å². The van der Waals surface area contributed by atoms with E-state index in [1.165, 1.54) is 0 Å². The van der Waals surface area contributed by atoms with E-state index in [-0.39, 0.29) is 1440 Å². The Kier molecular flexibility index (Phi) is 1000. The van der Waals surface area contributed by atoms with Crippen molar-refractivity contribution in [1.29, 1.82) is 0 Å². The van der Waals surface area contributed by atoms with E-state index < -0.39 is 275 Å². The second kappa shape index (κ2) is 381. The van der Waals surface area contributed by atoms with Crippen molar-refractivity contribution in [2.24, 2.45) is 0 Å². The molecule has 0 aromatic carbocycles. The monoisotopic (exact) mass is 3460 g/mol. The number of hydrogen-bond donors (Lipinski definition) is 60. The summed E-state index contributed by atoms with van der Waals surface area (Å²) in [4.78, 5) is 429. The molecule has 60 N–H and O–H groups in total. The van der Waals surface area contributed by atoms with E-state index in [0.29, 0.717) is 0 Å². The normalized spacial score (nSPS) is 4.86. The third kappa shape index (κ3) is 4920. The molecule has 148 heavy (non-hydrogen) atoms. The van der Waals surface area contributed by atoms with Crippen LogP contribution < -0.4 is 0 Å². The summed E-state index contributed by atoms with van der Waals surface area (Å²) in [6.45, 7) is 0. The fourth-order valence-electron chi connectivity index (χ4n) is 0. The first kappa shape index (κ1) is 388. The first-order valence-corrected chi connectivity index (χ1v) is 58.6. The van der Waals surface area contributed by atoms with Crippen molar-refractivity contribution < 1.29 is 422 Å². The van der Waals surface area contributed by atoms with Gasteiger partial charge in [0.05, 0.1) is 0 Å². The van der Waals surface area contributed by atoms with Crippen LogP contribution in [0.2, 0.25) is 0 Å². The van der Waals surface area contributed by atoms with E-state index in [1.54, 1.807) is 0 Å². The zero-order valence-corrected chi connectivity index (χ0v) is 84.1. The maximum atomic E-state index is 8.74. The number of hydrogen-bond acceptors (Lipinski definition) is 30. The van der Waals surface area contributed by atoms with E-state index in [9.17, 15) is 0 Å². The summed E-state index contributed by atoms with van der Waals surface area (Å²) in [6, 6.07) is 0. The Hall–Kier alpha value is 34.3. The molecule has 0 rings (SSSR count). The topological polar surface area (TPSA) is 1730 Å². The third-order valence-corrected chi connectivity index (χ3v) is 0. The summed E-state index contributed by atoms with van der Waals surface area (Å²) in [5.41, 5.74) is 0. The van der Waals surface area contributed by atoms with Crippen molar-refractivity contribution in [3.8, 4) is 0 Å². The zero-order chi connectivity index (χ0) is 107. The van der Waals surface area contributed by atoms with Crippen LogP contribution in [0, 0.1) is 0 Å². The molecule has 0 aliphatic heterocycles. The van der Waals surface area contributed by atoms with Gasteiger partial charge in [0.2, 0.25) is 0 Å². The minimum absolute atomic E-state index is 0. The van der Waals surface area contributed by atoms with Crippen molar-refractivity contribution in [3.63, 3.8) is 0 Å². The molecule has 776 valence electrons. The molecule has 0 saturated carbocycles. The van der Waals surface area contributed by atoms with Gasteiger partial charge < -0.3 is 288 Å². The quantitative estimate of drug-likeness (QED) is 0.100. The van der Waals surface area contributed by atoms with Gasteiger partial charge in [-0.2, -0.15) is 0 Å². The second-order valence-electron chi connectivity index (χ2n) is 8.48. The molecule has 0 aliphatic carbocycles. The van der Waals surface area contributed by atoms with E-state index in [0.717, 1.165) is 0 Å². The molecule has 0 saturated heterocycles. The average molecular weight is 3470 g/mol. The SMILES string of the molecule is O=[Si](O)O.O=[Si](O)O.O=[Si](O)O.O=[Si](O)O.O=[Si](O)O.O=[Si](O)O.O=[Si](O)O.O=[Si](O)O.O=[Si](O)O.O=[Si](O)O.O=[Si](O)O.O=[Si](O)O.O=[Si](O)O.O=[Si](O)O.O=[Si](O)O.O=[Si](O)O.O=[Si](O)O.O=[Si](O)O.O=[Si](O)O.O=[Si](O)O.O=[Si](O)O.O=[Si](O)O.O=[Si](O)O.O=[Si](O)O.O=[Si](O)O.O=[Si](O)O.O=[Si](O)O.O=[Si](O)O.O=[Si](O)O.O=[Si](O)O.[KH].[KH].[KH].[KH].[KH].[KH].[KH].[KH].[KH].[KH].[KH].[KH].[KH].[KH].[KH].[KH].[KH].[KH].[KH].[KH].[KH].[KH].[KH].[KH].[KH].[KH].[KH].[KH]. The third-order valence-electron chi connectivity index (χ3n) is 0. The van der Waals surface area contributed by atoms with Crippen LogP contribution in [0.5, 0.6) is 0 Å². The molecule has 0 aromatic rings. The van der Waals surface area contributed by atoms with Crippen LogP contribution in [0.15, 0.2) is 0 Å². The standard InChI is InChI=1S/28K.30H2O3Si.28H/c;;;;;;;;;;;;;;;;;;;;;;;;;;;;30*1-4(2)3;;;;;;;;;;;;;;;;;;;;;;;;;;;;/h;;;;;;;;;;;;;;;;;;;;;;;;;;;;30*1-2H;;;;;;;;;;;;;;;;;;;;;;;;;;;;. The molecule has 0 bridgehead atoms. The molecular formula is H88K28O90Si30. The number of rotatable bonds is 0. The Morgan fingerprint density at radius 3 is 0.0473 bits per heavy atom. The van der Waals surface area contributed by atoms with Gasteiger partial charge in [-0.25, -0.2) is 0 Å². The molecule has 0 aliphatic rings. The molecule has 148 heteroatoms. The Balaban J connectivity index is -0.0000000100. The summed E-state index contributed by atoms with van der Waals surface area (Å²) in [7, 11) is -93.9. The predicted octanol–water partition coefficient (Wildman–Crippen LogP) is -66.6. The van der Waals surface area contributed by atoms with Crippen LogP contribution in [-0.4, -0.2) is 2000 Å². The van der Waals surface area contributed by atoms with Crippen molar-refractivity contribution in [3.05, 3.63) is 0 Å². The summed E-state index contributed by atoms with van der Waals surface area (Å²) in [6.07, 6.45) is 0. The van der Waals surface area contributed by atoms with Crippen molar-refractivity contribution in [2.75, 3.05) is 0 Å². The predicted molar refractivity (Wildman–Crippen MR) is 527 cm³/mol. The zero-order valence-electron chi connectivity index (χ0n) is 54.1. The summed E-state index contributed by atoms with van der Waals surface area (Å²) in [5.74, 6) is 0. The molecule has 0 atom stereocenters. The van der Waals surface area contributed by atoms with Crippen molar-refractivity contribution in [1.82, 2.24) is 0 Å². The van der Waals surface area contributed by atoms with Gasteiger partial charge in [0.1, 0.15) is 0 Å². The first-order chi connectivity index (χ1) is 52.0. The Morgan fingerprint density at radius 1 is 0.0473 bits per heavy atom. The fourth-order valence-corrected chi connectivity index (χ4v) is 0. The Bertz CT molecular complexity index is 1770. The van der Waals surface area contributed by atoms with Gasteiger partial charge in [-0.05, 0) is 0 Å². The Morgan fingerprint density at radius 2 is 0.0473 bits per heavy atom. The molecule has 0 aromatic heterocycles. The van der Waals surface area contributed by atoms with Crippen molar-refractivity contribution in [2.45, 2.75) is 0 Å². The Labute approximate surface area is 2060 Å². The second-order valence-corrected chi connectivity index (χ2v) is 25.4. The van der Waals surface area contributed by atoms with Gasteiger partial charge in [0, 0.05) is 0 Å². The molecule has 90 nitrogen and oxygen atoms in total. The molecular weight excluding hydrogens is 3380 g/mol. The molecule has 0 heterocycles. The summed E-state index contributed by atoms with van der Waals surface area (Å²) >= 11 is 0. The van der Waals surface area contributed by atoms with Crippen LogP contribution in [0.4, 0.5) is 0 Å². The van der Waals surface area contributed by atoms with Gasteiger partial charge in [0.15, 0.2) is 0 Å². The molecule has 0 unspecified atom stereocenters. The van der Waals surface area contributed by atoms with Gasteiger partial charge in [-0.1, -0.05) is 0 Å². The molecule has 0 spiro atoms. The van der Waals surface area contributed by atoms with E-state index >= 15 is 0 Å². The molecule has 0 fully saturated rings. The summed E-state index contributed by atoms with van der Waals surface area (Å²) in [5, 5.41) is 0. The van der Waals surface area contributed by atoms with E-state index in [1.807, 2.05) is 0 Å². The van der Waals surface area contributed by atoms with Crippen molar-refractivity contribution >= 4 is 1710 Å². The minimum atomic E-state index is -3.13. The molecule has 0 amide bonds. The van der Waals surface area contributed by atoms with Crippen LogP contribution in [0.1, 0.15) is 0 Å². The van der Waals surface area contributed by atoms with Gasteiger partial charge >= 0.3 is 1710 Å². The fraction of sp³-hybridized carbons (Fsp3) is 0. The molecule has 0 radical (unpaired) electrons. The summed E-state index contributed by atoms with van der Waals surface area (Å²) < 4.78 is 262. The van der Waals surface area contributed by atoms with E-state index in [4.69, 9.17) is 422 Å². The van der Waals surface area contributed by atoms with Gasteiger partial charge in [0.25, 0.3) is 0 Å². The first-order valence-electron chi connectivity index (χ1n) is 19.5.